The number of halogens is 2. The summed E-state index contributed by atoms with van der Waals surface area (Å²) < 4.78 is 13.3. The molecule has 1 aromatic rings. The van der Waals surface area contributed by atoms with Gasteiger partial charge in [0.1, 0.15) is 5.82 Å². The van der Waals surface area contributed by atoms with E-state index in [9.17, 15) is 4.39 Å². The van der Waals surface area contributed by atoms with Crippen molar-refractivity contribution in [1.29, 1.82) is 0 Å². The molecule has 0 aliphatic rings. The fourth-order valence-electron chi connectivity index (χ4n) is 1.18. The minimum absolute atomic E-state index is 0.0805. The second-order valence-electron chi connectivity index (χ2n) is 2.80. The van der Waals surface area contributed by atoms with Crippen molar-refractivity contribution in [2.24, 2.45) is 5.84 Å². The second-order valence-corrected chi connectivity index (χ2v) is 3.66. The highest BCUT2D eigenvalue weighted by atomic mass is 79.9. The quantitative estimate of drug-likeness (QED) is 0.636. The van der Waals surface area contributed by atoms with Crippen LogP contribution in [0.2, 0.25) is 0 Å². The normalized spacial score (nSPS) is 12.9. The van der Waals surface area contributed by atoms with Crippen molar-refractivity contribution < 1.29 is 4.39 Å². The summed E-state index contributed by atoms with van der Waals surface area (Å²) in [6.07, 6.45) is 0.870. The third-order valence-electron chi connectivity index (χ3n) is 1.96. The maximum absolute atomic E-state index is 12.9. The van der Waals surface area contributed by atoms with Crippen LogP contribution in [0.1, 0.15) is 24.9 Å². The molecule has 72 valence electrons. The first kappa shape index (κ1) is 10.6. The van der Waals surface area contributed by atoms with E-state index in [2.05, 4.69) is 21.4 Å². The summed E-state index contributed by atoms with van der Waals surface area (Å²) in [5.74, 6) is 5.09. The predicted octanol–water partition coefficient (Wildman–Crippen LogP) is 2.50. The van der Waals surface area contributed by atoms with E-state index >= 15 is 0 Å². The molecule has 0 aliphatic heterocycles. The molecule has 1 aromatic carbocycles. The van der Waals surface area contributed by atoms with Crippen molar-refractivity contribution in [3.8, 4) is 0 Å². The maximum Gasteiger partial charge on any atom is 0.137 e. The lowest BCUT2D eigenvalue weighted by Crippen LogP contribution is -2.27. The van der Waals surface area contributed by atoms with E-state index in [1.807, 2.05) is 6.92 Å². The molecule has 0 aliphatic carbocycles. The zero-order valence-corrected chi connectivity index (χ0v) is 8.94. The minimum atomic E-state index is -0.254. The van der Waals surface area contributed by atoms with Crippen LogP contribution in [0.4, 0.5) is 4.39 Å². The molecule has 0 spiro atoms. The van der Waals surface area contributed by atoms with Crippen molar-refractivity contribution in [3.63, 3.8) is 0 Å². The Hall–Kier alpha value is -0.450. The molecule has 0 heterocycles. The highest BCUT2D eigenvalue weighted by Gasteiger charge is 2.08. The molecule has 0 amide bonds. The van der Waals surface area contributed by atoms with E-state index in [4.69, 9.17) is 5.84 Å². The summed E-state index contributed by atoms with van der Waals surface area (Å²) in [5, 5.41) is 0. The summed E-state index contributed by atoms with van der Waals surface area (Å²) >= 11 is 3.13. The van der Waals surface area contributed by atoms with Crippen LogP contribution in [0.3, 0.4) is 0 Å². The lowest BCUT2D eigenvalue weighted by Gasteiger charge is -2.13. The Balaban J connectivity index is 2.95. The summed E-state index contributed by atoms with van der Waals surface area (Å²) in [6, 6.07) is 4.98. The van der Waals surface area contributed by atoms with E-state index in [1.165, 1.54) is 6.07 Å². The third-order valence-corrected chi connectivity index (χ3v) is 2.56. The largest absolute Gasteiger partial charge is 0.271 e. The highest BCUT2D eigenvalue weighted by molar-refractivity contribution is 9.10. The van der Waals surface area contributed by atoms with Crippen LogP contribution in [0.25, 0.3) is 0 Å². The van der Waals surface area contributed by atoms with Crippen LogP contribution in [-0.2, 0) is 0 Å². The number of rotatable bonds is 3. The van der Waals surface area contributed by atoms with Crippen LogP contribution in [0.5, 0.6) is 0 Å². The van der Waals surface area contributed by atoms with Crippen molar-refractivity contribution in [2.45, 2.75) is 19.4 Å². The van der Waals surface area contributed by atoms with Crippen molar-refractivity contribution in [3.05, 3.63) is 34.1 Å². The molecule has 0 saturated heterocycles. The molecule has 0 aromatic heterocycles. The second kappa shape index (κ2) is 4.69. The fraction of sp³-hybridized carbons (Fsp3) is 0.333. The van der Waals surface area contributed by atoms with Crippen LogP contribution in [-0.4, -0.2) is 0 Å². The monoisotopic (exact) mass is 246 g/mol. The SMILES string of the molecule is CC[C@H](NN)c1ccc(F)c(Br)c1. The Morgan fingerprint density at radius 1 is 1.62 bits per heavy atom. The van der Waals surface area contributed by atoms with Crippen molar-refractivity contribution in [2.75, 3.05) is 0 Å². The van der Waals surface area contributed by atoms with Gasteiger partial charge in [-0.2, -0.15) is 0 Å². The van der Waals surface area contributed by atoms with Gasteiger partial charge in [-0.25, -0.2) is 4.39 Å². The zero-order valence-electron chi connectivity index (χ0n) is 7.35. The van der Waals surface area contributed by atoms with Gasteiger partial charge >= 0.3 is 0 Å². The molecule has 0 saturated carbocycles. The number of hydrazine groups is 1. The molecule has 0 unspecified atom stereocenters. The molecule has 13 heavy (non-hydrogen) atoms. The van der Waals surface area contributed by atoms with Gasteiger partial charge in [0.2, 0.25) is 0 Å². The first-order valence-electron chi connectivity index (χ1n) is 4.10. The molecule has 3 N–H and O–H groups in total. The zero-order chi connectivity index (χ0) is 9.84. The number of nitrogens with two attached hydrogens (primary N) is 1. The lowest BCUT2D eigenvalue weighted by atomic mass is 10.1. The van der Waals surface area contributed by atoms with Crippen LogP contribution < -0.4 is 11.3 Å². The van der Waals surface area contributed by atoms with Gasteiger partial charge in [-0.1, -0.05) is 13.0 Å². The Morgan fingerprint density at radius 3 is 2.77 bits per heavy atom. The molecular formula is C9H12BrFN2. The first-order chi connectivity index (χ1) is 6.19. The Kier molecular flexibility index (Phi) is 3.84. The van der Waals surface area contributed by atoms with Crippen molar-refractivity contribution >= 4 is 15.9 Å². The van der Waals surface area contributed by atoms with Gasteiger partial charge < -0.3 is 0 Å². The molecule has 0 bridgehead atoms. The molecule has 1 rings (SSSR count). The third kappa shape index (κ3) is 2.49. The van der Waals surface area contributed by atoms with E-state index in [1.54, 1.807) is 12.1 Å². The summed E-state index contributed by atoms with van der Waals surface area (Å²) in [7, 11) is 0. The van der Waals surface area contributed by atoms with Gasteiger partial charge in [0.15, 0.2) is 0 Å². The van der Waals surface area contributed by atoms with E-state index < -0.39 is 0 Å². The average molecular weight is 247 g/mol. The smallest absolute Gasteiger partial charge is 0.137 e. The summed E-state index contributed by atoms with van der Waals surface area (Å²) in [5.41, 5.74) is 3.66. The highest BCUT2D eigenvalue weighted by Crippen LogP contribution is 2.22. The fourth-order valence-corrected chi connectivity index (χ4v) is 1.58. The number of benzene rings is 1. The lowest BCUT2D eigenvalue weighted by molar-refractivity contribution is 0.536. The van der Waals surface area contributed by atoms with Crippen LogP contribution in [0, 0.1) is 5.82 Å². The van der Waals surface area contributed by atoms with Gasteiger partial charge in [-0.05, 0) is 40.0 Å². The molecule has 2 nitrogen and oxygen atoms in total. The summed E-state index contributed by atoms with van der Waals surface area (Å²) in [6.45, 7) is 2.02. The first-order valence-corrected chi connectivity index (χ1v) is 4.89. The van der Waals surface area contributed by atoms with Gasteiger partial charge in [0.25, 0.3) is 0 Å². The van der Waals surface area contributed by atoms with Gasteiger partial charge in [0, 0.05) is 6.04 Å². The van der Waals surface area contributed by atoms with Crippen molar-refractivity contribution in [1.82, 2.24) is 5.43 Å². The maximum atomic E-state index is 12.9. The number of hydrogen-bond acceptors (Lipinski definition) is 2. The van der Waals surface area contributed by atoms with E-state index in [0.29, 0.717) is 4.47 Å². The average Bonchev–Trinajstić information content (AvgIpc) is 2.13. The standard InChI is InChI=1S/C9H12BrFN2/c1-2-9(13-12)6-3-4-8(11)7(10)5-6/h3-5,9,13H,2,12H2,1H3/t9-/m0/s1. The Labute approximate surface area is 85.4 Å². The van der Waals surface area contributed by atoms with Gasteiger partial charge in [-0.3, -0.25) is 11.3 Å². The van der Waals surface area contributed by atoms with E-state index in [-0.39, 0.29) is 11.9 Å². The molecule has 4 heteroatoms. The van der Waals surface area contributed by atoms with E-state index in [0.717, 1.165) is 12.0 Å². The summed E-state index contributed by atoms with van der Waals surface area (Å²) in [4.78, 5) is 0. The van der Waals surface area contributed by atoms with Gasteiger partial charge in [-0.15, -0.1) is 0 Å². The molecule has 0 radical (unpaired) electrons. The molecular weight excluding hydrogens is 235 g/mol. The molecule has 0 fully saturated rings. The predicted molar refractivity (Wildman–Crippen MR) is 54.5 cm³/mol. The number of hydrogen-bond donors (Lipinski definition) is 2. The van der Waals surface area contributed by atoms with Gasteiger partial charge in [0.05, 0.1) is 4.47 Å². The van der Waals surface area contributed by atoms with Crippen LogP contribution >= 0.6 is 15.9 Å². The number of nitrogens with one attached hydrogen (secondary N) is 1. The Bertz CT molecular complexity index is 287. The van der Waals surface area contributed by atoms with Crippen LogP contribution in [0.15, 0.2) is 22.7 Å². The topological polar surface area (TPSA) is 38.0 Å². The Morgan fingerprint density at radius 2 is 2.31 bits per heavy atom. The molecule has 1 atom stereocenters. The minimum Gasteiger partial charge on any atom is -0.271 e.